The predicted octanol–water partition coefficient (Wildman–Crippen LogP) is 0.865. The summed E-state index contributed by atoms with van der Waals surface area (Å²) in [6.07, 6.45) is -6.56. The minimum Gasteiger partial charge on any atom is -0.545 e. The molecule has 142 valence electrons. The number of carboxylic acids is 1. The van der Waals surface area contributed by atoms with Gasteiger partial charge in [-0.05, 0) is 61.7 Å². The number of alkyl halides is 3. The molecule has 0 spiro atoms. The summed E-state index contributed by atoms with van der Waals surface area (Å²) in [5.41, 5.74) is 2.17. The summed E-state index contributed by atoms with van der Waals surface area (Å²) in [6.45, 7) is 5.73. The number of halogens is 3. The normalized spacial score (nSPS) is 15.6. The van der Waals surface area contributed by atoms with Gasteiger partial charge in [-0.15, -0.1) is 0 Å². The van der Waals surface area contributed by atoms with Gasteiger partial charge in [0, 0.05) is 17.2 Å². The Kier molecular flexibility index (Phi) is 6.53. The fourth-order valence-electron chi connectivity index (χ4n) is 2.88. The van der Waals surface area contributed by atoms with Crippen molar-refractivity contribution in [3.05, 3.63) is 58.2 Å². The number of ether oxygens (including phenoxy) is 2. The summed E-state index contributed by atoms with van der Waals surface area (Å²) >= 11 is 0. The molecule has 2 aromatic carbocycles. The molecule has 2 aromatic rings. The molecule has 0 saturated heterocycles. The number of aryl methyl sites for hydroxylation is 2. The second-order valence-electron chi connectivity index (χ2n) is 6.43. The number of fused-ring (bicyclic) bond motifs is 1. The Bertz CT molecular complexity index is 951. The zero-order chi connectivity index (χ0) is 19.9. The molecular formula is C20H16F3NaO4. The maximum Gasteiger partial charge on any atom is 1.00 e. The van der Waals surface area contributed by atoms with Gasteiger partial charge in [-0.2, -0.15) is 13.2 Å². The van der Waals surface area contributed by atoms with Gasteiger partial charge in [-0.25, -0.2) is 0 Å². The molecule has 0 fully saturated rings. The second kappa shape index (κ2) is 8.19. The standard InChI is InChI=1S/C20H17F3O4.Na/c1-10-6-11(2)12(3)16(7-10)26-14-5-4-13-8-15(19(24)25)18(20(21,22)23)27-17(13)9-14;/h4-9,18H,1-3H3,(H,24,25);/q;+1/p-1/t18-;/m1./s1. The van der Waals surface area contributed by atoms with E-state index in [0.29, 0.717) is 5.75 Å². The molecular weight excluding hydrogens is 384 g/mol. The molecule has 0 unspecified atom stereocenters. The Morgan fingerprint density at radius 3 is 2.43 bits per heavy atom. The third-order valence-electron chi connectivity index (χ3n) is 4.35. The Labute approximate surface area is 182 Å². The van der Waals surface area contributed by atoms with Gasteiger partial charge in [0.2, 0.25) is 6.10 Å². The Morgan fingerprint density at radius 2 is 1.82 bits per heavy atom. The minimum absolute atomic E-state index is 0. The van der Waals surface area contributed by atoms with E-state index in [1.807, 2.05) is 32.9 Å². The molecule has 0 amide bonds. The van der Waals surface area contributed by atoms with Crippen LogP contribution in [0.25, 0.3) is 6.08 Å². The smallest absolute Gasteiger partial charge is 0.545 e. The van der Waals surface area contributed by atoms with Gasteiger partial charge in [0.05, 0.1) is 5.97 Å². The first-order valence-electron chi connectivity index (χ1n) is 8.12. The topological polar surface area (TPSA) is 58.6 Å². The first-order valence-corrected chi connectivity index (χ1v) is 8.12. The zero-order valence-electron chi connectivity index (χ0n) is 15.8. The van der Waals surface area contributed by atoms with Gasteiger partial charge in [-0.1, -0.05) is 6.07 Å². The van der Waals surface area contributed by atoms with Gasteiger partial charge in [-0.3, -0.25) is 0 Å². The number of rotatable bonds is 3. The quantitative estimate of drug-likeness (QED) is 0.718. The van der Waals surface area contributed by atoms with Crippen molar-refractivity contribution >= 4 is 12.0 Å². The average Bonchev–Trinajstić information content (AvgIpc) is 2.57. The molecule has 1 aliphatic rings. The molecule has 0 radical (unpaired) electrons. The Balaban J connectivity index is 0.00000280. The van der Waals surface area contributed by atoms with E-state index in [1.54, 1.807) is 0 Å². The van der Waals surface area contributed by atoms with E-state index in [-0.39, 0.29) is 46.6 Å². The van der Waals surface area contributed by atoms with E-state index < -0.39 is 23.8 Å². The van der Waals surface area contributed by atoms with Crippen molar-refractivity contribution in [2.24, 2.45) is 0 Å². The zero-order valence-corrected chi connectivity index (χ0v) is 17.8. The van der Waals surface area contributed by atoms with E-state index in [0.717, 1.165) is 22.8 Å². The van der Waals surface area contributed by atoms with Crippen LogP contribution in [0, 0.1) is 20.8 Å². The van der Waals surface area contributed by atoms with Gasteiger partial charge in [0.1, 0.15) is 17.2 Å². The summed E-state index contributed by atoms with van der Waals surface area (Å²) in [5, 5.41) is 11.0. The fourth-order valence-corrected chi connectivity index (χ4v) is 2.88. The van der Waals surface area contributed by atoms with Crippen molar-refractivity contribution in [2.75, 3.05) is 0 Å². The number of hydrogen-bond donors (Lipinski definition) is 0. The first-order chi connectivity index (χ1) is 12.6. The molecule has 1 heterocycles. The van der Waals surface area contributed by atoms with E-state index in [9.17, 15) is 23.1 Å². The van der Waals surface area contributed by atoms with Crippen LogP contribution in [0.5, 0.6) is 17.2 Å². The van der Waals surface area contributed by atoms with Crippen LogP contribution in [0.15, 0.2) is 35.9 Å². The number of carbonyl (C=O) groups excluding carboxylic acids is 1. The van der Waals surface area contributed by atoms with Crippen LogP contribution < -0.4 is 44.1 Å². The van der Waals surface area contributed by atoms with Crippen molar-refractivity contribution in [3.63, 3.8) is 0 Å². The maximum absolute atomic E-state index is 13.1. The second-order valence-corrected chi connectivity index (χ2v) is 6.43. The van der Waals surface area contributed by atoms with Crippen LogP contribution in [-0.2, 0) is 4.79 Å². The van der Waals surface area contributed by atoms with Crippen molar-refractivity contribution in [1.29, 1.82) is 0 Å². The monoisotopic (exact) mass is 400 g/mol. The first kappa shape index (κ1) is 22.3. The Morgan fingerprint density at radius 1 is 1.14 bits per heavy atom. The largest absolute Gasteiger partial charge is 1.00 e. The molecule has 1 aliphatic heterocycles. The van der Waals surface area contributed by atoms with E-state index in [1.165, 1.54) is 18.2 Å². The molecule has 28 heavy (non-hydrogen) atoms. The minimum atomic E-state index is -4.88. The molecule has 0 N–H and O–H groups in total. The average molecular weight is 400 g/mol. The van der Waals surface area contributed by atoms with E-state index >= 15 is 0 Å². The third kappa shape index (κ3) is 4.54. The van der Waals surface area contributed by atoms with Crippen LogP contribution in [0.3, 0.4) is 0 Å². The summed E-state index contributed by atoms with van der Waals surface area (Å²) < 4.78 is 50.2. The fraction of sp³-hybridized carbons (Fsp3) is 0.250. The number of aliphatic carboxylic acids is 1. The SMILES string of the molecule is Cc1cc(C)c(C)c(Oc2ccc3c(c2)O[C@@H](C(F)(F)F)C(C(=O)[O-])=C3)c1.[Na+]. The number of benzene rings is 2. The summed E-state index contributed by atoms with van der Waals surface area (Å²) in [5.74, 6) is -1.16. The maximum atomic E-state index is 13.1. The molecule has 0 aliphatic carbocycles. The van der Waals surface area contributed by atoms with Crippen molar-refractivity contribution in [3.8, 4) is 17.2 Å². The molecule has 1 atom stereocenters. The number of hydrogen-bond acceptors (Lipinski definition) is 4. The van der Waals surface area contributed by atoms with E-state index in [4.69, 9.17) is 9.47 Å². The predicted molar refractivity (Wildman–Crippen MR) is 90.6 cm³/mol. The van der Waals surface area contributed by atoms with Crippen molar-refractivity contribution in [2.45, 2.75) is 33.1 Å². The molecule has 8 heteroatoms. The van der Waals surface area contributed by atoms with E-state index in [2.05, 4.69) is 0 Å². The van der Waals surface area contributed by atoms with Gasteiger partial charge >= 0.3 is 35.7 Å². The van der Waals surface area contributed by atoms with Crippen molar-refractivity contribution in [1.82, 2.24) is 0 Å². The van der Waals surface area contributed by atoms with Crippen molar-refractivity contribution < 1.29 is 62.1 Å². The van der Waals surface area contributed by atoms with Crippen LogP contribution >= 0.6 is 0 Å². The van der Waals surface area contributed by atoms with Gasteiger partial charge < -0.3 is 19.4 Å². The van der Waals surface area contributed by atoms with Crippen LogP contribution in [0.1, 0.15) is 22.3 Å². The summed E-state index contributed by atoms with van der Waals surface area (Å²) in [6, 6.07) is 8.12. The van der Waals surface area contributed by atoms with Gasteiger partial charge in [0.25, 0.3) is 0 Å². The summed E-state index contributed by atoms with van der Waals surface area (Å²) in [7, 11) is 0. The van der Waals surface area contributed by atoms with Crippen LogP contribution in [0.2, 0.25) is 0 Å². The number of carboxylic acid groups (broad SMARTS) is 1. The molecule has 0 saturated carbocycles. The molecule has 4 nitrogen and oxygen atoms in total. The molecule has 0 aromatic heterocycles. The molecule has 0 bridgehead atoms. The van der Waals surface area contributed by atoms with Gasteiger partial charge in [0.15, 0.2) is 0 Å². The van der Waals surface area contributed by atoms with Crippen LogP contribution in [-0.4, -0.2) is 18.2 Å². The Hall–Kier alpha value is -1.96. The molecule has 3 rings (SSSR count). The third-order valence-corrected chi connectivity index (χ3v) is 4.35. The summed E-state index contributed by atoms with van der Waals surface area (Å²) in [4.78, 5) is 11.0. The number of carbonyl (C=O) groups is 1. The van der Waals surface area contributed by atoms with Crippen LogP contribution in [0.4, 0.5) is 13.2 Å².